The Morgan fingerprint density at radius 2 is 1.95 bits per heavy atom. The molecule has 1 aromatic heterocycles. The van der Waals surface area contributed by atoms with Gasteiger partial charge in [-0.2, -0.15) is 0 Å². The van der Waals surface area contributed by atoms with E-state index in [0.29, 0.717) is 24.3 Å². The smallest absolute Gasteiger partial charge is 0.331 e. The summed E-state index contributed by atoms with van der Waals surface area (Å²) >= 11 is 0. The van der Waals surface area contributed by atoms with E-state index < -0.39 is 11.5 Å². The molecule has 1 aliphatic carbocycles. The van der Waals surface area contributed by atoms with Crippen LogP contribution in [0.25, 0.3) is 0 Å². The van der Waals surface area contributed by atoms with Crippen LogP contribution in [0.3, 0.4) is 0 Å². The van der Waals surface area contributed by atoms with Crippen LogP contribution in [0.15, 0.2) is 4.52 Å². The molecule has 21 heavy (non-hydrogen) atoms. The van der Waals surface area contributed by atoms with Gasteiger partial charge in [-0.15, -0.1) is 0 Å². The molecule has 0 unspecified atom stereocenters. The lowest BCUT2D eigenvalue weighted by molar-refractivity contribution is -0.150. The highest BCUT2D eigenvalue weighted by Crippen LogP contribution is 2.32. The highest BCUT2D eigenvalue weighted by molar-refractivity contribution is 5.91. The Morgan fingerprint density at radius 3 is 2.43 bits per heavy atom. The molecule has 6 heteroatoms. The maximum Gasteiger partial charge on any atom is 0.331 e. The Balaban J connectivity index is 2.18. The molecule has 2 rings (SSSR count). The number of hydrogen-bond acceptors (Lipinski definition) is 5. The minimum atomic E-state index is -0.876. The normalized spacial score (nSPS) is 18.3. The summed E-state index contributed by atoms with van der Waals surface area (Å²) in [5.41, 5.74) is 0.609. The van der Waals surface area contributed by atoms with E-state index in [2.05, 4.69) is 10.5 Å². The minimum absolute atomic E-state index is 0.197. The first-order chi connectivity index (χ1) is 9.91. The van der Waals surface area contributed by atoms with Crippen molar-refractivity contribution in [2.75, 3.05) is 7.11 Å². The fourth-order valence-corrected chi connectivity index (χ4v) is 3.14. The number of carbonyl (C=O) groups is 2. The zero-order valence-corrected chi connectivity index (χ0v) is 13.0. The van der Waals surface area contributed by atoms with E-state index in [1.807, 2.05) is 0 Å². The molecule has 0 radical (unpaired) electrons. The average molecular weight is 294 g/mol. The molecule has 1 amide bonds. The van der Waals surface area contributed by atoms with Crippen LogP contribution < -0.4 is 5.32 Å². The van der Waals surface area contributed by atoms with Crippen LogP contribution in [-0.2, 0) is 14.3 Å². The number of aromatic nitrogens is 1. The third-order valence-corrected chi connectivity index (χ3v) is 4.31. The van der Waals surface area contributed by atoms with Gasteiger partial charge in [0.2, 0.25) is 5.91 Å². The Kier molecular flexibility index (Phi) is 4.34. The van der Waals surface area contributed by atoms with Gasteiger partial charge in [-0.1, -0.05) is 18.0 Å². The lowest BCUT2D eigenvalue weighted by Gasteiger charge is -2.28. The molecule has 6 nitrogen and oxygen atoms in total. The molecule has 1 fully saturated rings. The fourth-order valence-electron chi connectivity index (χ4n) is 3.14. The van der Waals surface area contributed by atoms with Crippen molar-refractivity contribution in [3.63, 3.8) is 0 Å². The molecule has 1 N–H and O–H groups in total. The van der Waals surface area contributed by atoms with E-state index >= 15 is 0 Å². The first-order valence-electron chi connectivity index (χ1n) is 7.24. The summed E-state index contributed by atoms with van der Waals surface area (Å²) in [7, 11) is 1.35. The van der Waals surface area contributed by atoms with Gasteiger partial charge in [-0.3, -0.25) is 4.79 Å². The number of nitrogens with one attached hydrogen (secondary N) is 1. The molecular formula is C15H22N2O4. The van der Waals surface area contributed by atoms with Crippen molar-refractivity contribution < 1.29 is 18.8 Å². The van der Waals surface area contributed by atoms with Gasteiger partial charge in [-0.05, 0) is 33.6 Å². The highest BCUT2D eigenvalue weighted by atomic mass is 16.5. The Labute approximate surface area is 124 Å². The quantitative estimate of drug-likeness (QED) is 0.859. The molecule has 116 valence electrons. The van der Waals surface area contributed by atoms with Gasteiger partial charge in [0.05, 0.1) is 18.7 Å². The maximum absolute atomic E-state index is 12.5. The summed E-state index contributed by atoms with van der Waals surface area (Å²) in [6.07, 6.45) is 3.07. The van der Waals surface area contributed by atoms with Crippen molar-refractivity contribution in [3.8, 4) is 0 Å². The Morgan fingerprint density at radius 1 is 1.33 bits per heavy atom. The molecule has 0 bridgehead atoms. The van der Waals surface area contributed by atoms with Crippen molar-refractivity contribution in [1.82, 2.24) is 10.5 Å². The minimum Gasteiger partial charge on any atom is -0.467 e. The van der Waals surface area contributed by atoms with Gasteiger partial charge < -0.3 is 14.6 Å². The molecule has 0 spiro atoms. The largest absolute Gasteiger partial charge is 0.467 e. The number of carbonyl (C=O) groups excluding carboxylic acids is 2. The zero-order chi connectivity index (χ0) is 15.6. The van der Waals surface area contributed by atoms with E-state index in [9.17, 15) is 9.59 Å². The third-order valence-electron chi connectivity index (χ3n) is 4.31. The van der Waals surface area contributed by atoms with Crippen molar-refractivity contribution in [2.24, 2.45) is 0 Å². The van der Waals surface area contributed by atoms with E-state index in [4.69, 9.17) is 9.26 Å². The van der Waals surface area contributed by atoms with Crippen LogP contribution in [0.4, 0.5) is 0 Å². The molecule has 0 aliphatic heterocycles. The molecule has 1 aromatic rings. The first-order valence-corrected chi connectivity index (χ1v) is 7.24. The van der Waals surface area contributed by atoms with Crippen molar-refractivity contribution in [2.45, 2.75) is 57.9 Å². The van der Waals surface area contributed by atoms with Gasteiger partial charge in [0.1, 0.15) is 11.3 Å². The van der Waals surface area contributed by atoms with Crippen LogP contribution in [0.5, 0.6) is 0 Å². The van der Waals surface area contributed by atoms with Crippen LogP contribution in [0, 0.1) is 13.8 Å². The average Bonchev–Trinajstić information content (AvgIpc) is 3.05. The lowest BCUT2D eigenvalue weighted by Crippen LogP contribution is -2.54. The molecule has 0 aromatic carbocycles. The van der Waals surface area contributed by atoms with Gasteiger partial charge >= 0.3 is 5.97 Å². The van der Waals surface area contributed by atoms with E-state index in [1.165, 1.54) is 7.11 Å². The Bertz CT molecular complexity index is 524. The number of ether oxygens (including phenoxy) is 1. The van der Waals surface area contributed by atoms with Gasteiger partial charge in [0, 0.05) is 5.56 Å². The monoisotopic (exact) mass is 294 g/mol. The predicted octanol–water partition coefficient (Wildman–Crippen LogP) is 2.00. The number of nitrogens with zero attached hydrogens (tertiary/aromatic N) is 1. The number of aryl methyl sites for hydroxylation is 2. The topological polar surface area (TPSA) is 81.4 Å². The van der Waals surface area contributed by atoms with Crippen LogP contribution >= 0.6 is 0 Å². The summed E-state index contributed by atoms with van der Waals surface area (Å²) in [5.74, 6) is -0.344. The van der Waals surface area contributed by atoms with Crippen molar-refractivity contribution >= 4 is 11.9 Å². The molecular weight excluding hydrogens is 272 g/mol. The highest BCUT2D eigenvalue weighted by Gasteiger charge is 2.44. The molecule has 1 heterocycles. The summed E-state index contributed by atoms with van der Waals surface area (Å²) in [6, 6.07) is 0. The number of methoxy groups -OCH3 is 1. The summed E-state index contributed by atoms with van der Waals surface area (Å²) < 4.78 is 9.98. The number of hydrogen-bond donors (Lipinski definition) is 1. The Hall–Kier alpha value is -1.85. The van der Waals surface area contributed by atoms with Crippen LogP contribution in [-0.4, -0.2) is 29.7 Å². The number of amides is 1. The second kappa shape index (κ2) is 5.87. The molecule has 0 saturated heterocycles. The van der Waals surface area contributed by atoms with Gasteiger partial charge in [0.15, 0.2) is 0 Å². The second-order valence-corrected chi connectivity index (χ2v) is 5.73. The van der Waals surface area contributed by atoms with Crippen molar-refractivity contribution in [3.05, 3.63) is 17.0 Å². The van der Waals surface area contributed by atoms with Crippen molar-refractivity contribution in [1.29, 1.82) is 0 Å². The van der Waals surface area contributed by atoms with E-state index in [0.717, 1.165) is 18.4 Å². The van der Waals surface area contributed by atoms with E-state index in [-0.39, 0.29) is 11.9 Å². The standard InChI is InChI=1S/C15H22N2O4/c1-9(12-10(2)17-21-11(12)3)13(18)16-15(14(19)20-4)7-5-6-8-15/h9H,5-8H2,1-4H3,(H,16,18)/t9-/m1/s1. The molecule has 1 aliphatic rings. The fraction of sp³-hybridized carbons (Fsp3) is 0.667. The van der Waals surface area contributed by atoms with Gasteiger partial charge in [0.25, 0.3) is 0 Å². The summed E-state index contributed by atoms with van der Waals surface area (Å²) in [6.45, 7) is 5.38. The molecule has 1 atom stereocenters. The predicted molar refractivity (Wildman–Crippen MR) is 75.7 cm³/mol. The number of esters is 1. The summed E-state index contributed by atoms with van der Waals surface area (Å²) in [4.78, 5) is 24.6. The van der Waals surface area contributed by atoms with Crippen LogP contribution in [0.1, 0.15) is 55.5 Å². The number of rotatable bonds is 4. The van der Waals surface area contributed by atoms with Crippen LogP contribution in [0.2, 0.25) is 0 Å². The van der Waals surface area contributed by atoms with Gasteiger partial charge in [-0.25, -0.2) is 4.79 Å². The third kappa shape index (κ3) is 2.80. The lowest BCUT2D eigenvalue weighted by atomic mass is 9.93. The zero-order valence-electron chi connectivity index (χ0n) is 13.0. The first kappa shape index (κ1) is 15.5. The second-order valence-electron chi connectivity index (χ2n) is 5.73. The summed E-state index contributed by atoms with van der Waals surface area (Å²) in [5, 5.41) is 6.78. The maximum atomic E-state index is 12.5. The SMILES string of the molecule is COC(=O)C1(NC(=O)[C@H](C)c2c(C)noc2C)CCCC1. The van der Waals surface area contributed by atoms with E-state index in [1.54, 1.807) is 20.8 Å². The molecule has 1 saturated carbocycles.